The van der Waals surface area contributed by atoms with Gasteiger partial charge in [-0.2, -0.15) is 30.7 Å². The van der Waals surface area contributed by atoms with Crippen LogP contribution in [0, 0.1) is 11.2 Å². The van der Waals surface area contributed by atoms with Gasteiger partial charge in [-0.05, 0) is 0 Å². The van der Waals surface area contributed by atoms with E-state index in [1.165, 1.54) is 0 Å². The van der Waals surface area contributed by atoms with E-state index in [0.717, 1.165) is 0 Å². The van der Waals surface area contributed by atoms with E-state index in [9.17, 15) is 48.1 Å². The maximum Gasteiger partial charge on any atom is 1.00 e. The number of hydrogen-bond donors (Lipinski definition) is 0. The number of nitriles is 1. The molecule has 0 saturated heterocycles. The Morgan fingerprint density at radius 2 is 1.05 bits per heavy atom. The minimum absolute atomic E-state index is 0. The SMILES string of the molecule is N#C[B-](F)(F)C(F)(F)C(F)(F)C(F)(F)C(F)(F)F.[Rb+]. The van der Waals surface area contributed by atoms with Gasteiger partial charge >= 0.3 is 82.9 Å². The Kier molecular flexibility index (Phi) is 6.64. The van der Waals surface area contributed by atoms with Crippen LogP contribution >= 0.6 is 0 Å². The van der Waals surface area contributed by atoms with Gasteiger partial charge < -0.3 is 8.63 Å². The molecule has 0 aliphatic rings. The third-order valence-corrected chi connectivity index (χ3v) is 1.79. The molecule has 0 radical (unpaired) electrons. The van der Waals surface area contributed by atoms with Gasteiger partial charge in [0.2, 0.25) is 0 Å². The van der Waals surface area contributed by atoms with Crippen LogP contribution in [0.15, 0.2) is 0 Å². The Balaban J connectivity index is 0. The summed E-state index contributed by atoms with van der Waals surface area (Å²) in [6, 6.07) is 0. The molecule has 0 bridgehead atoms. The summed E-state index contributed by atoms with van der Waals surface area (Å²) in [7, 11) is 0. The molecule has 0 aromatic carbocycles. The largest absolute Gasteiger partial charge is 1.00 e. The topological polar surface area (TPSA) is 23.8 Å². The fourth-order valence-electron chi connectivity index (χ4n) is 0.696. The van der Waals surface area contributed by atoms with Gasteiger partial charge in [0.25, 0.3) is 5.82 Å². The van der Waals surface area contributed by atoms with Crippen molar-refractivity contribution >= 4 is 6.70 Å². The molecule has 0 unspecified atom stereocenters. The fourth-order valence-corrected chi connectivity index (χ4v) is 0.696. The number of rotatable bonds is 3. The van der Waals surface area contributed by atoms with Crippen LogP contribution < -0.4 is 58.2 Å². The smallest absolute Gasteiger partial charge is 0.461 e. The minimum atomic E-state index is -7.47. The van der Waals surface area contributed by atoms with Crippen LogP contribution in [0.25, 0.3) is 0 Å². The van der Waals surface area contributed by atoms with Crippen molar-refractivity contribution in [2.45, 2.75) is 23.8 Å². The zero-order valence-electron chi connectivity index (χ0n) is 8.68. The Labute approximate surface area is 146 Å². The summed E-state index contributed by atoms with van der Waals surface area (Å²) in [6.07, 6.45) is -7.19. The zero-order valence-corrected chi connectivity index (χ0v) is 13.6. The third kappa shape index (κ3) is 3.26. The summed E-state index contributed by atoms with van der Waals surface area (Å²) < 4.78 is 132. The van der Waals surface area contributed by atoms with Gasteiger partial charge in [0.05, 0.1) is 0 Å². The number of halogens is 11. The Bertz CT molecular complexity index is 368. The Morgan fingerprint density at radius 3 is 1.26 bits per heavy atom. The van der Waals surface area contributed by atoms with E-state index in [1.54, 1.807) is 0 Å². The second-order valence-electron chi connectivity index (χ2n) is 3.06. The first kappa shape index (κ1) is 21.9. The average Bonchev–Trinajstić information content (AvgIpc) is 2.15. The van der Waals surface area contributed by atoms with Crippen LogP contribution in [-0.4, -0.2) is 30.5 Å². The van der Waals surface area contributed by atoms with Crippen molar-refractivity contribution in [2.24, 2.45) is 0 Å². The fraction of sp³-hybridized carbons (Fsp3) is 0.800. The van der Waals surface area contributed by atoms with Gasteiger partial charge in [-0.3, -0.25) is 0 Å². The van der Waals surface area contributed by atoms with Crippen molar-refractivity contribution in [2.75, 3.05) is 0 Å². The van der Waals surface area contributed by atoms with E-state index >= 15 is 0 Å². The average molecular weight is 379 g/mol. The molecule has 0 heterocycles. The van der Waals surface area contributed by atoms with E-state index in [2.05, 4.69) is 0 Å². The summed E-state index contributed by atoms with van der Waals surface area (Å²) >= 11 is 0. The predicted molar refractivity (Wildman–Crippen MR) is 34.5 cm³/mol. The van der Waals surface area contributed by atoms with E-state index in [4.69, 9.17) is 5.26 Å². The van der Waals surface area contributed by atoms with Gasteiger partial charge in [0.1, 0.15) is 0 Å². The molecule has 0 spiro atoms. The minimum Gasteiger partial charge on any atom is -0.461 e. The standard InChI is InChI=1S/C5BF11N.Rb/c7-2(8,3(9,10)5(13,14)15)4(11,12)6(16,17)1-18;/q-1;+1. The van der Waals surface area contributed by atoms with Gasteiger partial charge in [-0.25, -0.2) is 14.0 Å². The first-order chi connectivity index (χ1) is 7.56. The van der Waals surface area contributed by atoms with Crippen molar-refractivity contribution in [3.05, 3.63) is 0 Å². The molecule has 0 atom stereocenters. The molecule has 1 nitrogen and oxygen atoms in total. The van der Waals surface area contributed by atoms with Crippen LogP contribution in [0.1, 0.15) is 0 Å². The summed E-state index contributed by atoms with van der Waals surface area (Å²) in [5.74, 6) is -22.7. The first-order valence-electron chi connectivity index (χ1n) is 3.69. The molecule has 0 aliphatic carbocycles. The molecular weight excluding hydrogens is 379 g/mol. The van der Waals surface area contributed by atoms with E-state index in [-0.39, 0.29) is 58.2 Å². The second-order valence-corrected chi connectivity index (χ2v) is 3.06. The Hall–Kier alpha value is 0.590. The van der Waals surface area contributed by atoms with Gasteiger partial charge in [-0.15, -0.1) is 0 Å². The van der Waals surface area contributed by atoms with Crippen molar-refractivity contribution in [1.82, 2.24) is 0 Å². The summed E-state index contributed by atoms with van der Waals surface area (Å²) in [6.45, 7) is -7.12. The molecule has 0 rings (SSSR count). The van der Waals surface area contributed by atoms with Crippen molar-refractivity contribution < 1.29 is 106 Å². The molecule has 0 amide bonds. The molecular formula is C5BF11NRb. The summed E-state index contributed by atoms with van der Waals surface area (Å²) in [5.41, 5.74) is 0. The van der Waals surface area contributed by atoms with Gasteiger partial charge in [0, 0.05) is 0 Å². The van der Waals surface area contributed by atoms with Gasteiger partial charge in [0.15, 0.2) is 0 Å². The maximum atomic E-state index is 12.3. The van der Waals surface area contributed by atoms with Gasteiger partial charge in [-0.1, -0.05) is 5.97 Å². The van der Waals surface area contributed by atoms with Crippen LogP contribution in [0.2, 0.25) is 0 Å². The maximum absolute atomic E-state index is 12.3. The van der Waals surface area contributed by atoms with E-state index in [1.807, 2.05) is 0 Å². The molecule has 0 aliphatic heterocycles. The monoisotopic (exact) mass is 379 g/mol. The molecule has 0 aromatic heterocycles. The first-order valence-corrected chi connectivity index (χ1v) is 3.69. The molecule has 0 aromatic rings. The quantitative estimate of drug-likeness (QED) is 0.516. The summed E-state index contributed by atoms with van der Waals surface area (Å²) in [4.78, 5) is 0. The van der Waals surface area contributed by atoms with Crippen LogP contribution in [0.4, 0.5) is 48.1 Å². The van der Waals surface area contributed by atoms with Crippen LogP contribution in [-0.2, 0) is 0 Å². The molecule has 0 fully saturated rings. The number of alkyl halides is 9. The van der Waals surface area contributed by atoms with Crippen LogP contribution in [0.5, 0.6) is 0 Å². The summed E-state index contributed by atoms with van der Waals surface area (Å²) in [5, 5.41) is 7.45. The van der Waals surface area contributed by atoms with Crippen molar-refractivity contribution in [1.29, 1.82) is 5.26 Å². The predicted octanol–water partition coefficient (Wildman–Crippen LogP) is 0.442. The molecule has 14 heteroatoms. The van der Waals surface area contributed by atoms with Crippen molar-refractivity contribution in [3.8, 4) is 5.97 Å². The normalized spacial score (nSPS) is 14.6. The van der Waals surface area contributed by atoms with Crippen LogP contribution in [0.3, 0.4) is 0 Å². The van der Waals surface area contributed by atoms with E-state index < -0.39 is 36.5 Å². The molecule has 19 heavy (non-hydrogen) atoms. The second kappa shape index (κ2) is 5.76. The molecule has 106 valence electrons. The number of nitrogens with zero attached hydrogens (tertiary/aromatic N) is 1. The van der Waals surface area contributed by atoms with E-state index in [0.29, 0.717) is 0 Å². The zero-order chi connectivity index (χ0) is 15.2. The third-order valence-electron chi connectivity index (χ3n) is 1.79. The molecule has 0 N–H and O–H groups in total. The Morgan fingerprint density at radius 1 is 0.737 bits per heavy atom. The number of hydrogen-bond acceptors (Lipinski definition) is 1. The molecule has 0 saturated carbocycles. The van der Waals surface area contributed by atoms with Crippen molar-refractivity contribution in [3.63, 3.8) is 0 Å².